The van der Waals surface area contributed by atoms with Crippen molar-refractivity contribution in [2.75, 3.05) is 23.5 Å². The summed E-state index contributed by atoms with van der Waals surface area (Å²) in [5.74, 6) is -3.19. The first kappa shape index (κ1) is 24.1. The van der Waals surface area contributed by atoms with E-state index in [-0.39, 0.29) is 16.4 Å². The molecule has 2 aromatic carbocycles. The summed E-state index contributed by atoms with van der Waals surface area (Å²) in [6, 6.07) is 12.7. The Kier molecular flexibility index (Phi) is 7.19. The molecule has 1 unspecified atom stereocenters. The second-order valence-electron chi connectivity index (χ2n) is 8.10. The molecule has 1 N–H and O–H groups in total. The smallest absolute Gasteiger partial charge is 0.368 e. The number of nitrogens with zero attached hydrogens (tertiary/aromatic N) is 1. The molecule has 0 bridgehead atoms. The third-order valence-electron chi connectivity index (χ3n) is 5.36. The van der Waals surface area contributed by atoms with Crippen LogP contribution >= 0.6 is 11.8 Å². The molecule has 172 valence electrons. The monoisotopic (exact) mass is 479 g/mol. The van der Waals surface area contributed by atoms with E-state index in [2.05, 4.69) is 0 Å². The van der Waals surface area contributed by atoms with Gasteiger partial charge in [-0.1, -0.05) is 38.5 Å². The zero-order chi connectivity index (χ0) is 23.5. The van der Waals surface area contributed by atoms with E-state index in [0.29, 0.717) is 23.4 Å². The van der Waals surface area contributed by atoms with Crippen molar-refractivity contribution >= 4 is 38.9 Å². The van der Waals surface area contributed by atoms with Crippen molar-refractivity contribution < 1.29 is 27.4 Å². The van der Waals surface area contributed by atoms with Gasteiger partial charge in [0, 0.05) is 18.3 Å². The molecule has 0 radical (unpaired) electrons. The molecule has 9 heteroatoms. The minimum Gasteiger partial charge on any atom is -0.476 e. The number of sulfone groups is 1. The van der Waals surface area contributed by atoms with Gasteiger partial charge in [-0.05, 0) is 36.3 Å². The normalized spacial score (nSPS) is 20.4. The van der Waals surface area contributed by atoms with Crippen LogP contribution in [0.15, 0.2) is 64.3 Å². The number of carboxylic acid groups (broad SMARTS) is 1. The summed E-state index contributed by atoms with van der Waals surface area (Å²) in [6.07, 6.45) is 3.83. The van der Waals surface area contributed by atoms with Crippen LogP contribution in [0.5, 0.6) is 5.75 Å². The highest BCUT2D eigenvalue weighted by Crippen LogP contribution is 2.46. The molecule has 1 atom stereocenters. The van der Waals surface area contributed by atoms with Gasteiger partial charge in [-0.15, -0.1) is 11.8 Å². The van der Waals surface area contributed by atoms with Crippen LogP contribution in [0.2, 0.25) is 0 Å². The van der Waals surface area contributed by atoms with Crippen LogP contribution in [0.25, 0.3) is 0 Å². The number of ether oxygens (including phenoxy) is 1. The molecular formula is C23H26FNO5S2. The molecule has 0 aliphatic carbocycles. The highest BCUT2D eigenvalue weighted by Gasteiger charge is 2.40. The molecule has 0 fully saturated rings. The van der Waals surface area contributed by atoms with Crippen LogP contribution in [-0.4, -0.2) is 38.0 Å². The number of benzene rings is 2. The summed E-state index contributed by atoms with van der Waals surface area (Å²) in [7, 11) is -3.71. The van der Waals surface area contributed by atoms with Gasteiger partial charge in [0.25, 0.3) is 0 Å². The average Bonchev–Trinajstić information content (AvgIpc) is 2.83. The predicted octanol–water partition coefficient (Wildman–Crippen LogP) is 5.41. The number of carboxylic acids is 1. The minimum atomic E-state index is -3.71. The summed E-state index contributed by atoms with van der Waals surface area (Å²) >= 11 is 1.30. The summed E-state index contributed by atoms with van der Waals surface area (Å²) in [5, 5.41) is 8.74. The van der Waals surface area contributed by atoms with Crippen molar-refractivity contribution in [2.45, 2.75) is 36.5 Å². The van der Waals surface area contributed by atoms with Crippen LogP contribution in [0.4, 0.5) is 15.8 Å². The molecule has 0 saturated carbocycles. The van der Waals surface area contributed by atoms with Gasteiger partial charge in [0.2, 0.25) is 5.83 Å². The Balaban J connectivity index is 2.23. The lowest BCUT2D eigenvalue weighted by atomic mass is 9.87. The molecule has 1 heterocycles. The van der Waals surface area contributed by atoms with E-state index >= 15 is 0 Å². The van der Waals surface area contributed by atoms with Gasteiger partial charge in [-0.3, -0.25) is 0 Å². The molecule has 1 aliphatic heterocycles. The molecule has 0 aromatic heterocycles. The van der Waals surface area contributed by atoms with Gasteiger partial charge >= 0.3 is 5.97 Å². The van der Waals surface area contributed by atoms with Gasteiger partial charge in [0.15, 0.2) is 9.84 Å². The Labute approximate surface area is 192 Å². The standard InChI is InChI=1S/C23H26FNO5S2/c1-4-10-23(2)14-25(16-8-6-5-7-9-16)18-11-20(31-3)19(30-13-17(24)22(26)27)12-21(18)32(28,29)15-23/h5-9,11-13H,4,10,14-15H2,1-3H3,(H,26,27)/b17-13-. The molecular weight excluding hydrogens is 453 g/mol. The van der Waals surface area contributed by atoms with Gasteiger partial charge in [0.1, 0.15) is 12.0 Å². The van der Waals surface area contributed by atoms with E-state index in [4.69, 9.17) is 9.84 Å². The first-order valence-electron chi connectivity index (χ1n) is 10.1. The number of halogens is 1. The lowest BCUT2D eigenvalue weighted by Crippen LogP contribution is -2.35. The SMILES string of the molecule is CCCC1(C)CN(c2ccccc2)c2cc(SC)c(O/C=C(\F)C(=O)O)cc2S(=O)(=O)C1. The number of hydrogen-bond donors (Lipinski definition) is 1. The molecule has 0 amide bonds. The minimum absolute atomic E-state index is 0.0401. The van der Waals surface area contributed by atoms with E-state index < -0.39 is 27.0 Å². The second kappa shape index (κ2) is 9.54. The number of anilines is 2. The summed E-state index contributed by atoms with van der Waals surface area (Å²) in [4.78, 5) is 13.4. The van der Waals surface area contributed by atoms with Crippen LogP contribution in [0, 0.1) is 5.41 Å². The third-order valence-corrected chi connectivity index (χ3v) is 8.20. The zero-order valence-corrected chi connectivity index (χ0v) is 19.8. The zero-order valence-electron chi connectivity index (χ0n) is 18.2. The molecule has 0 spiro atoms. The highest BCUT2D eigenvalue weighted by atomic mass is 32.2. The van der Waals surface area contributed by atoms with Crippen LogP contribution in [-0.2, 0) is 14.6 Å². The van der Waals surface area contributed by atoms with E-state index in [1.54, 1.807) is 12.3 Å². The Morgan fingerprint density at radius 1 is 1.31 bits per heavy atom. The van der Waals surface area contributed by atoms with Crippen molar-refractivity contribution in [3.05, 3.63) is 54.6 Å². The van der Waals surface area contributed by atoms with E-state index in [1.807, 2.05) is 49.1 Å². The lowest BCUT2D eigenvalue weighted by molar-refractivity contribution is -0.134. The van der Waals surface area contributed by atoms with E-state index in [0.717, 1.165) is 18.5 Å². The quantitative estimate of drug-likeness (QED) is 0.323. The number of thioether (sulfide) groups is 1. The predicted molar refractivity (Wildman–Crippen MR) is 124 cm³/mol. The molecule has 32 heavy (non-hydrogen) atoms. The van der Waals surface area contributed by atoms with Gasteiger partial charge < -0.3 is 14.7 Å². The van der Waals surface area contributed by atoms with E-state index in [1.165, 1.54) is 17.8 Å². The number of fused-ring (bicyclic) bond motifs is 1. The van der Waals surface area contributed by atoms with Crippen molar-refractivity contribution in [2.24, 2.45) is 5.41 Å². The lowest BCUT2D eigenvalue weighted by Gasteiger charge is -2.34. The summed E-state index contributed by atoms with van der Waals surface area (Å²) < 4.78 is 45.7. The number of para-hydroxylation sites is 1. The first-order chi connectivity index (χ1) is 15.1. The van der Waals surface area contributed by atoms with Crippen LogP contribution < -0.4 is 9.64 Å². The number of rotatable bonds is 7. The fourth-order valence-electron chi connectivity index (χ4n) is 4.05. The molecule has 1 aliphatic rings. The number of carbonyl (C=O) groups is 1. The van der Waals surface area contributed by atoms with Crippen LogP contribution in [0.1, 0.15) is 26.7 Å². The molecule has 2 aromatic rings. The second-order valence-corrected chi connectivity index (χ2v) is 10.9. The Morgan fingerprint density at radius 2 is 2.00 bits per heavy atom. The van der Waals surface area contributed by atoms with Gasteiger partial charge in [-0.25, -0.2) is 13.2 Å². The maximum Gasteiger partial charge on any atom is 0.368 e. The Hall–Kier alpha value is -2.52. The number of aliphatic carboxylic acids is 1. The van der Waals surface area contributed by atoms with Crippen molar-refractivity contribution in [1.29, 1.82) is 0 Å². The highest BCUT2D eigenvalue weighted by molar-refractivity contribution is 7.98. The van der Waals surface area contributed by atoms with Crippen molar-refractivity contribution in [1.82, 2.24) is 0 Å². The topological polar surface area (TPSA) is 83.9 Å². The molecule has 3 rings (SSSR count). The molecule has 6 nitrogen and oxygen atoms in total. The maximum absolute atomic E-state index is 13.5. The fraction of sp³-hybridized carbons (Fsp3) is 0.348. The van der Waals surface area contributed by atoms with E-state index in [9.17, 15) is 17.6 Å². The van der Waals surface area contributed by atoms with Crippen molar-refractivity contribution in [3.8, 4) is 5.75 Å². The van der Waals surface area contributed by atoms with Gasteiger partial charge in [-0.2, -0.15) is 4.39 Å². The molecule has 0 saturated heterocycles. The maximum atomic E-state index is 13.5. The largest absolute Gasteiger partial charge is 0.476 e. The Morgan fingerprint density at radius 3 is 2.59 bits per heavy atom. The Bertz CT molecular complexity index is 1130. The van der Waals surface area contributed by atoms with Crippen LogP contribution in [0.3, 0.4) is 0 Å². The van der Waals surface area contributed by atoms with Gasteiger partial charge in [0.05, 0.1) is 21.2 Å². The fourth-order valence-corrected chi connectivity index (χ4v) is 6.67. The van der Waals surface area contributed by atoms with Crippen molar-refractivity contribution in [3.63, 3.8) is 0 Å². The number of hydrogen-bond acceptors (Lipinski definition) is 6. The third kappa shape index (κ3) is 5.10. The summed E-state index contributed by atoms with van der Waals surface area (Å²) in [5.41, 5.74) is 0.902. The summed E-state index contributed by atoms with van der Waals surface area (Å²) in [6.45, 7) is 4.52. The average molecular weight is 480 g/mol. The first-order valence-corrected chi connectivity index (χ1v) is 13.0.